The SMILES string of the molecule is COc1cc(C=O)ccc1OCCOc1cc(C)ccc1C(C)C. The minimum Gasteiger partial charge on any atom is -0.493 e. The predicted molar refractivity (Wildman–Crippen MR) is 94.6 cm³/mol. The molecular weight excluding hydrogens is 304 g/mol. The second-order valence-corrected chi connectivity index (χ2v) is 5.92. The van der Waals surface area contributed by atoms with Gasteiger partial charge in [-0.2, -0.15) is 0 Å². The van der Waals surface area contributed by atoms with Gasteiger partial charge in [0.25, 0.3) is 0 Å². The summed E-state index contributed by atoms with van der Waals surface area (Å²) < 4.78 is 16.9. The summed E-state index contributed by atoms with van der Waals surface area (Å²) in [6, 6.07) is 11.3. The number of carbonyl (C=O) groups excluding carboxylic acids is 1. The normalized spacial score (nSPS) is 10.5. The van der Waals surface area contributed by atoms with Crippen molar-refractivity contribution in [2.75, 3.05) is 20.3 Å². The highest BCUT2D eigenvalue weighted by Crippen LogP contribution is 2.29. The number of ether oxygens (including phenoxy) is 3. The maximum atomic E-state index is 10.8. The van der Waals surface area contributed by atoms with Gasteiger partial charge < -0.3 is 14.2 Å². The van der Waals surface area contributed by atoms with Crippen LogP contribution in [0.25, 0.3) is 0 Å². The number of methoxy groups -OCH3 is 1. The molecule has 0 amide bonds. The van der Waals surface area contributed by atoms with Gasteiger partial charge in [0, 0.05) is 5.56 Å². The first-order valence-electron chi connectivity index (χ1n) is 8.04. The van der Waals surface area contributed by atoms with E-state index >= 15 is 0 Å². The predicted octanol–water partition coefficient (Wildman–Crippen LogP) is 4.40. The highest BCUT2D eigenvalue weighted by atomic mass is 16.5. The molecule has 0 N–H and O–H groups in total. The van der Waals surface area contributed by atoms with Gasteiger partial charge in [-0.25, -0.2) is 0 Å². The zero-order valence-electron chi connectivity index (χ0n) is 14.7. The highest BCUT2D eigenvalue weighted by molar-refractivity contribution is 5.76. The standard InChI is InChI=1S/C20H24O4/c1-14(2)17-7-5-15(3)11-19(17)24-10-9-23-18-8-6-16(13-21)12-20(18)22-4/h5-8,11-14H,9-10H2,1-4H3. The molecule has 2 rings (SSSR count). The third-order valence-corrected chi connectivity index (χ3v) is 3.71. The minimum absolute atomic E-state index is 0.391. The molecule has 0 saturated carbocycles. The van der Waals surface area contributed by atoms with E-state index in [0.29, 0.717) is 36.2 Å². The van der Waals surface area contributed by atoms with Crippen LogP contribution in [0.2, 0.25) is 0 Å². The molecule has 0 bridgehead atoms. The van der Waals surface area contributed by atoms with Gasteiger partial charge in [-0.3, -0.25) is 4.79 Å². The first-order valence-corrected chi connectivity index (χ1v) is 8.04. The second kappa shape index (κ2) is 8.39. The molecule has 0 aliphatic heterocycles. The molecule has 0 aliphatic carbocycles. The number of carbonyl (C=O) groups is 1. The van der Waals surface area contributed by atoms with Gasteiger partial charge in [0.2, 0.25) is 0 Å². The van der Waals surface area contributed by atoms with E-state index in [1.807, 2.05) is 6.92 Å². The lowest BCUT2D eigenvalue weighted by Gasteiger charge is -2.16. The molecule has 0 aromatic heterocycles. The lowest BCUT2D eigenvalue weighted by atomic mass is 10.0. The van der Waals surface area contributed by atoms with Crippen LogP contribution < -0.4 is 14.2 Å². The number of aryl methyl sites for hydroxylation is 1. The number of hydrogen-bond donors (Lipinski definition) is 0. The Morgan fingerprint density at radius 3 is 2.29 bits per heavy atom. The Balaban J connectivity index is 1.96. The molecule has 2 aromatic rings. The summed E-state index contributed by atoms with van der Waals surface area (Å²) in [5, 5.41) is 0. The highest BCUT2D eigenvalue weighted by Gasteiger charge is 2.09. The molecule has 0 fully saturated rings. The third-order valence-electron chi connectivity index (χ3n) is 3.71. The van der Waals surface area contributed by atoms with Gasteiger partial charge in [-0.1, -0.05) is 26.0 Å². The van der Waals surface area contributed by atoms with Crippen molar-refractivity contribution in [2.45, 2.75) is 26.7 Å². The van der Waals surface area contributed by atoms with E-state index in [0.717, 1.165) is 12.0 Å². The quantitative estimate of drug-likeness (QED) is 0.532. The van der Waals surface area contributed by atoms with Crippen molar-refractivity contribution in [1.82, 2.24) is 0 Å². The molecule has 0 radical (unpaired) electrons. The summed E-state index contributed by atoms with van der Waals surface area (Å²) in [4.78, 5) is 10.8. The summed E-state index contributed by atoms with van der Waals surface area (Å²) in [6.07, 6.45) is 0.778. The van der Waals surface area contributed by atoms with Crippen molar-refractivity contribution in [3.05, 3.63) is 53.1 Å². The van der Waals surface area contributed by atoms with Crippen LogP contribution in [0.1, 0.15) is 41.3 Å². The molecule has 0 atom stereocenters. The van der Waals surface area contributed by atoms with Crippen molar-refractivity contribution in [2.24, 2.45) is 0 Å². The van der Waals surface area contributed by atoms with E-state index < -0.39 is 0 Å². The number of hydrogen-bond acceptors (Lipinski definition) is 4. The molecule has 4 nitrogen and oxygen atoms in total. The third kappa shape index (κ3) is 4.51. The average Bonchev–Trinajstić information content (AvgIpc) is 2.58. The van der Waals surface area contributed by atoms with Crippen molar-refractivity contribution in [3.8, 4) is 17.2 Å². The van der Waals surface area contributed by atoms with Gasteiger partial charge in [0.15, 0.2) is 11.5 Å². The van der Waals surface area contributed by atoms with Gasteiger partial charge in [0.05, 0.1) is 7.11 Å². The van der Waals surface area contributed by atoms with Crippen molar-refractivity contribution in [1.29, 1.82) is 0 Å². The molecule has 0 spiro atoms. The van der Waals surface area contributed by atoms with Crippen LogP contribution in [0.4, 0.5) is 0 Å². The summed E-state index contributed by atoms with van der Waals surface area (Å²) in [5.41, 5.74) is 2.91. The van der Waals surface area contributed by atoms with Gasteiger partial charge in [0.1, 0.15) is 25.2 Å². The van der Waals surface area contributed by atoms with E-state index in [1.165, 1.54) is 11.1 Å². The van der Waals surface area contributed by atoms with E-state index in [2.05, 4.69) is 32.0 Å². The molecule has 4 heteroatoms. The molecule has 128 valence electrons. The fourth-order valence-corrected chi connectivity index (χ4v) is 2.42. The Hall–Kier alpha value is -2.49. The van der Waals surface area contributed by atoms with Crippen LogP contribution in [0.5, 0.6) is 17.2 Å². The maximum Gasteiger partial charge on any atom is 0.161 e. The molecule has 0 saturated heterocycles. The van der Waals surface area contributed by atoms with Crippen LogP contribution >= 0.6 is 0 Å². The summed E-state index contributed by atoms with van der Waals surface area (Å²) in [7, 11) is 1.55. The Kier molecular flexibility index (Phi) is 6.24. The Labute approximate surface area is 143 Å². The van der Waals surface area contributed by atoms with Crippen LogP contribution in [-0.2, 0) is 0 Å². The fourth-order valence-electron chi connectivity index (χ4n) is 2.42. The zero-order chi connectivity index (χ0) is 17.5. The lowest BCUT2D eigenvalue weighted by Crippen LogP contribution is -2.11. The van der Waals surface area contributed by atoms with Crippen molar-refractivity contribution >= 4 is 6.29 Å². The topological polar surface area (TPSA) is 44.8 Å². The first-order chi connectivity index (χ1) is 11.5. The summed E-state index contributed by atoms with van der Waals surface area (Å²) in [5.74, 6) is 2.44. The monoisotopic (exact) mass is 328 g/mol. The molecular formula is C20H24O4. The first kappa shape index (κ1) is 17.9. The molecule has 0 heterocycles. The molecule has 0 unspecified atom stereocenters. The fraction of sp³-hybridized carbons (Fsp3) is 0.350. The van der Waals surface area contributed by atoms with Gasteiger partial charge in [-0.05, 0) is 48.2 Å². The Morgan fingerprint density at radius 1 is 0.958 bits per heavy atom. The summed E-state index contributed by atoms with van der Waals surface area (Å²) in [6.45, 7) is 7.16. The van der Waals surface area contributed by atoms with E-state index in [4.69, 9.17) is 14.2 Å². The van der Waals surface area contributed by atoms with E-state index in [1.54, 1.807) is 25.3 Å². The largest absolute Gasteiger partial charge is 0.493 e. The van der Waals surface area contributed by atoms with E-state index in [9.17, 15) is 4.79 Å². The van der Waals surface area contributed by atoms with Crippen LogP contribution in [-0.4, -0.2) is 26.6 Å². The summed E-state index contributed by atoms with van der Waals surface area (Å²) >= 11 is 0. The number of benzene rings is 2. The molecule has 0 aliphatic rings. The maximum absolute atomic E-state index is 10.8. The van der Waals surface area contributed by atoms with Crippen LogP contribution in [0.3, 0.4) is 0 Å². The number of rotatable bonds is 8. The molecule has 24 heavy (non-hydrogen) atoms. The average molecular weight is 328 g/mol. The van der Waals surface area contributed by atoms with Gasteiger partial charge >= 0.3 is 0 Å². The van der Waals surface area contributed by atoms with Crippen LogP contribution in [0, 0.1) is 6.92 Å². The molecule has 2 aromatic carbocycles. The van der Waals surface area contributed by atoms with Crippen molar-refractivity contribution < 1.29 is 19.0 Å². The Bertz CT molecular complexity index is 692. The lowest BCUT2D eigenvalue weighted by molar-refractivity contribution is 0.112. The van der Waals surface area contributed by atoms with E-state index in [-0.39, 0.29) is 0 Å². The smallest absolute Gasteiger partial charge is 0.161 e. The van der Waals surface area contributed by atoms with Gasteiger partial charge in [-0.15, -0.1) is 0 Å². The minimum atomic E-state index is 0.391. The Morgan fingerprint density at radius 2 is 1.67 bits per heavy atom. The zero-order valence-corrected chi connectivity index (χ0v) is 14.7. The van der Waals surface area contributed by atoms with Crippen LogP contribution in [0.15, 0.2) is 36.4 Å². The number of aldehydes is 1. The van der Waals surface area contributed by atoms with Crippen molar-refractivity contribution in [3.63, 3.8) is 0 Å². The second-order valence-electron chi connectivity index (χ2n) is 5.92.